The van der Waals surface area contributed by atoms with Crippen molar-refractivity contribution < 1.29 is 14.0 Å². The number of anilines is 1. The van der Waals surface area contributed by atoms with E-state index in [0.717, 1.165) is 0 Å². The van der Waals surface area contributed by atoms with E-state index in [1.165, 1.54) is 12.3 Å². The highest BCUT2D eigenvalue weighted by atomic mass is 19.1. The first-order valence-electron chi connectivity index (χ1n) is 5.55. The van der Waals surface area contributed by atoms with Gasteiger partial charge in [-0.25, -0.2) is 9.37 Å². The van der Waals surface area contributed by atoms with Crippen molar-refractivity contribution in [3.05, 3.63) is 23.6 Å². The van der Waals surface area contributed by atoms with Crippen LogP contribution in [0.5, 0.6) is 0 Å². The van der Waals surface area contributed by atoms with E-state index in [2.05, 4.69) is 15.6 Å². The molecule has 0 aliphatic carbocycles. The molecular formula is C11H13FN4O2. The van der Waals surface area contributed by atoms with Crippen LogP contribution in [0.25, 0.3) is 0 Å². The first kappa shape index (κ1) is 12.4. The zero-order chi connectivity index (χ0) is 13.1. The van der Waals surface area contributed by atoms with E-state index in [1.54, 1.807) is 0 Å². The highest BCUT2D eigenvalue weighted by molar-refractivity contribution is 6.01. The highest BCUT2D eigenvalue weighted by Crippen LogP contribution is 2.14. The molecule has 96 valence electrons. The van der Waals surface area contributed by atoms with Gasteiger partial charge in [0, 0.05) is 30.8 Å². The number of imide groups is 1. The van der Waals surface area contributed by atoms with Crippen LogP contribution in [-0.4, -0.2) is 22.8 Å². The Balaban J connectivity index is 2.07. The zero-order valence-electron chi connectivity index (χ0n) is 9.57. The Kier molecular flexibility index (Phi) is 3.52. The summed E-state index contributed by atoms with van der Waals surface area (Å²) in [6.45, 7) is 0.0670. The molecule has 1 aliphatic rings. The van der Waals surface area contributed by atoms with Gasteiger partial charge >= 0.3 is 0 Å². The molecule has 2 rings (SSSR count). The largest absolute Gasteiger partial charge is 0.358 e. The molecule has 1 aromatic heterocycles. The Morgan fingerprint density at radius 2 is 2.33 bits per heavy atom. The van der Waals surface area contributed by atoms with Gasteiger partial charge in [0.05, 0.1) is 0 Å². The molecule has 1 atom stereocenters. The molecule has 0 spiro atoms. The smallest absolute Gasteiger partial charge is 0.249 e. The summed E-state index contributed by atoms with van der Waals surface area (Å²) in [5.41, 5.74) is 5.63. The predicted molar refractivity (Wildman–Crippen MR) is 61.9 cm³/mol. The van der Waals surface area contributed by atoms with Gasteiger partial charge in [0.15, 0.2) is 0 Å². The third kappa shape index (κ3) is 2.62. The number of aromatic nitrogens is 1. The molecule has 1 fully saturated rings. The number of nitrogens with one attached hydrogen (secondary N) is 2. The standard InChI is InChI=1S/C11H13FN4O2/c12-7-3-9(14-5-6(7)4-13)15-8-1-2-10(17)16-11(8)18/h3,5,8H,1-2,4,13H2,(H,14,15)(H,16,17,18). The van der Waals surface area contributed by atoms with Crippen molar-refractivity contribution in [1.82, 2.24) is 10.3 Å². The second-order valence-electron chi connectivity index (χ2n) is 4.01. The molecule has 0 aromatic carbocycles. The highest BCUT2D eigenvalue weighted by Gasteiger charge is 2.26. The molecule has 7 heteroatoms. The Bertz CT molecular complexity index is 492. The van der Waals surface area contributed by atoms with Crippen molar-refractivity contribution in [2.45, 2.75) is 25.4 Å². The van der Waals surface area contributed by atoms with Crippen LogP contribution in [0.1, 0.15) is 18.4 Å². The van der Waals surface area contributed by atoms with E-state index in [1.807, 2.05) is 0 Å². The molecule has 1 aromatic rings. The average Bonchev–Trinajstić information content (AvgIpc) is 2.33. The van der Waals surface area contributed by atoms with Gasteiger partial charge in [0.25, 0.3) is 0 Å². The molecule has 0 saturated carbocycles. The average molecular weight is 252 g/mol. The number of hydrogen-bond donors (Lipinski definition) is 3. The van der Waals surface area contributed by atoms with Crippen LogP contribution in [0.15, 0.2) is 12.3 Å². The number of hydrogen-bond acceptors (Lipinski definition) is 5. The summed E-state index contributed by atoms with van der Waals surface area (Å²) in [4.78, 5) is 26.4. The Morgan fingerprint density at radius 1 is 1.56 bits per heavy atom. The predicted octanol–water partition coefficient (Wildman–Crippen LogP) is -0.104. The number of amides is 2. The third-order valence-corrected chi connectivity index (χ3v) is 2.71. The molecule has 1 saturated heterocycles. The van der Waals surface area contributed by atoms with Crippen molar-refractivity contribution in [1.29, 1.82) is 0 Å². The number of rotatable bonds is 3. The molecule has 2 heterocycles. The fraction of sp³-hybridized carbons (Fsp3) is 0.364. The normalized spacial score (nSPS) is 19.6. The molecule has 2 amide bonds. The van der Waals surface area contributed by atoms with E-state index in [4.69, 9.17) is 5.73 Å². The van der Waals surface area contributed by atoms with Crippen LogP contribution in [0, 0.1) is 5.82 Å². The lowest BCUT2D eigenvalue weighted by atomic mass is 10.1. The van der Waals surface area contributed by atoms with Gasteiger partial charge in [-0.3, -0.25) is 14.9 Å². The fourth-order valence-electron chi connectivity index (χ4n) is 1.70. The molecule has 6 nitrogen and oxygen atoms in total. The monoisotopic (exact) mass is 252 g/mol. The summed E-state index contributed by atoms with van der Waals surface area (Å²) in [5, 5.41) is 4.99. The minimum Gasteiger partial charge on any atom is -0.358 e. The van der Waals surface area contributed by atoms with Gasteiger partial charge in [-0.2, -0.15) is 0 Å². The molecule has 0 bridgehead atoms. The fourth-order valence-corrected chi connectivity index (χ4v) is 1.70. The maximum atomic E-state index is 13.4. The number of carbonyl (C=O) groups is 2. The van der Waals surface area contributed by atoms with Crippen LogP contribution in [0.2, 0.25) is 0 Å². The lowest BCUT2D eigenvalue weighted by Crippen LogP contribution is -2.47. The van der Waals surface area contributed by atoms with E-state index in [0.29, 0.717) is 12.0 Å². The van der Waals surface area contributed by atoms with Crippen LogP contribution in [0.3, 0.4) is 0 Å². The molecular weight excluding hydrogens is 239 g/mol. The van der Waals surface area contributed by atoms with Crippen molar-refractivity contribution in [3.63, 3.8) is 0 Å². The van der Waals surface area contributed by atoms with Crippen LogP contribution in [0.4, 0.5) is 10.2 Å². The first-order chi connectivity index (χ1) is 8.60. The van der Waals surface area contributed by atoms with E-state index in [-0.39, 0.29) is 24.7 Å². The summed E-state index contributed by atoms with van der Waals surface area (Å²) in [6.07, 6.45) is 1.95. The summed E-state index contributed by atoms with van der Waals surface area (Å²) in [7, 11) is 0. The Morgan fingerprint density at radius 3 is 2.94 bits per heavy atom. The van der Waals surface area contributed by atoms with E-state index < -0.39 is 17.8 Å². The molecule has 1 aliphatic heterocycles. The first-order valence-corrected chi connectivity index (χ1v) is 5.55. The third-order valence-electron chi connectivity index (χ3n) is 2.71. The van der Waals surface area contributed by atoms with Crippen molar-refractivity contribution in [2.75, 3.05) is 5.32 Å². The maximum absolute atomic E-state index is 13.4. The van der Waals surface area contributed by atoms with Crippen molar-refractivity contribution >= 4 is 17.6 Å². The topological polar surface area (TPSA) is 97.1 Å². The summed E-state index contributed by atoms with van der Waals surface area (Å²) in [6, 6.07) is 0.615. The van der Waals surface area contributed by atoms with Crippen molar-refractivity contribution in [2.24, 2.45) is 5.73 Å². The summed E-state index contributed by atoms with van der Waals surface area (Å²) >= 11 is 0. The number of nitrogens with zero attached hydrogens (tertiary/aromatic N) is 1. The molecule has 18 heavy (non-hydrogen) atoms. The Hall–Kier alpha value is -2.02. The lowest BCUT2D eigenvalue weighted by Gasteiger charge is -2.22. The van der Waals surface area contributed by atoms with E-state index >= 15 is 0 Å². The lowest BCUT2D eigenvalue weighted by molar-refractivity contribution is -0.133. The number of nitrogens with two attached hydrogens (primary N) is 1. The van der Waals surface area contributed by atoms with E-state index in [9.17, 15) is 14.0 Å². The van der Waals surface area contributed by atoms with Gasteiger partial charge in [-0.15, -0.1) is 0 Å². The SMILES string of the molecule is NCc1cnc(NC2CCC(=O)NC2=O)cc1F. The van der Waals surface area contributed by atoms with Gasteiger partial charge in [0.1, 0.15) is 17.7 Å². The summed E-state index contributed by atoms with van der Waals surface area (Å²) < 4.78 is 13.4. The van der Waals surface area contributed by atoms with Gasteiger partial charge < -0.3 is 11.1 Å². The van der Waals surface area contributed by atoms with Crippen molar-refractivity contribution in [3.8, 4) is 0 Å². The number of piperidine rings is 1. The molecule has 4 N–H and O–H groups in total. The van der Waals surface area contributed by atoms with Crippen LogP contribution >= 0.6 is 0 Å². The van der Waals surface area contributed by atoms with Gasteiger partial charge in [0.2, 0.25) is 11.8 Å². The second-order valence-corrected chi connectivity index (χ2v) is 4.01. The minimum absolute atomic E-state index is 0.0670. The Labute approximate surface area is 103 Å². The zero-order valence-corrected chi connectivity index (χ0v) is 9.57. The van der Waals surface area contributed by atoms with Crippen LogP contribution in [-0.2, 0) is 16.1 Å². The summed E-state index contributed by atoms with van der Waals surface area (Å²) in [5.74, 6) is -0.937. The number of carbonyl (C=O) groups excluding carboxylic acids is 2. The van der Waals surface area contributed by atoms with Gasteiger partial charge in [-0.05, 0) is 6.42 Å². The second kappa shape index (κ2) is 5.09. The van der Waals surface area contributed by atoms with Gasteiger partial charge in [-0.1, -0.05) is 0 Å². The number of halogens is 1. The van der Waals surface area contributed by atoms with Crippen LogP contribution < -0.4 is 16.4 Å². The molecule has 1 unspecified atom stereocenters. The minimum atomic E-state index is -0.571. The molecule has 0 radical (unpaired) electrons. The number of pyridine rings is 1. The quantitative estimate of drug-likeness (QED) is 0.652. The maximum Gasteiger partial charge on any atom is 0.249 e.